The summed E-state index contributed by atoms with van der Waals surface area (Å²) in [5.74, 6) is 0.411. The molecule has 0 amide bonds. The second-order valence-electron chi connectivity index (χ2n) is 12.0. The molecule has 0 radical (unpaired) electrons. The number of nitrogens with zero attached hydrogens (tertiary/aromatic N) is 5. The van der Waals surface area contributed by atoms with Crippen molar-refractivity contribution in [2.75, 3.05) is 19.6 Å². The van der Waals surface area contributed by atoms with Gasteiger partial charge in [-0.15, -0.1) is 11.3 Å². The van der Waals surface area contributed by atoms with Gasteiger partial charge in [0.1, 0.15) is 16.8 Å². The van der Waals surface area contributed by atoms with Crippen molar-refractivity contribution in [1.29, 1.82) is 0 Å². The highest BCUT2D eigenvalue weighted by Gasteiger charge is 2.46. The van der Waals surface area contributed by atoms with Gasteiger partial charge in [-0.3, -0.25) is 0 Å². The summed E-state index contributed by atoms with van der Waals surface area (Å²) < 4.78 is 2.01. The number of fused-ring (bicyclic) bond motifs is 1. The first-order valence-electron chi connectivity index (χ1n) is 15.2. The molecule has 1 aliphatic carbocycles. The van der Waals surface area contributed by atoms with Crippen LogP contribution in [0.4, 0.5) is 0 Å². The maximum Gasteiger partial charge on any atom is 0.224 e. The summed E-state index contributed by atoms with van der Waals surface area (Å²) >= 11 is 7.87. The van der Waals surface area contributed by atoms with E-state index in [1.807, 2.05) is 29.0 Å². The molecule has 0 spiro atoms. The lowest BCUT2D eigenvalue weighted by Gasteiger charge is -2.36. The molecular formula is C34H36ClN5O2S. The molecule has 1 saturated carbocycles. The van der Waals surface area contributed by atoms with E-state index in [9.17, 15) is 10.2 Å². The monoisotopic (exact) mass is 613 g/mol. The van der Waals surface area contributed by atoms with Crippen LogP contribution in [0.15, 0.2) is 78.4 Å². The molecule has 7 nitrogen and oxygen atoms in total. The van der Waals surface area contributed by atoms with Gasteiger partial charge in [0.15, 0.2) is 0 Å². The molecule has 2 aliphatic rings. The molecule has 4 atom stereocenters. The summed E-state index contributed by atoms with van der Waals surface area (Å²) in [5, 5.41) is 26.7. The Balaban J connectivity index is 1.08. The van der Waals surface area contributed by atoms with Crippen LogP contribution >= 0.6 is 22.9 Å². The predicted octanol–water partition coefficient (Wildman–Crippen LogP) is 6.04. The number of thiazole rings is 1. The van der Waals surface area contributed by atoms with Crippen LogP contribution in [0.5, 0.6) is 0 Å². The lowest BCUT2D eigenvalue weighted by atomic mass is 9.82. The average molecular weight is 614 g/mol. The molecule has 0 bridgehead atoms. The predicted molar refractivity (Wildman–Crippen MR) is 171 cm³/mol. The minimum Gasteiger partial charge on any atom is -0.390 e. The minimum atomic E-state index is -0.886. The molecule has 5 aromatic rings. The Hall–Kier alpha value is -3.14. The maximum absolute atomic E-state index is 11.4. The smallest absolute Gasteiger partial charge is 0.224 e. The quantitative estimate of drug-likeness (QED) is 0.208. The van der Waals surface area contributed by atoms with E-state index in [0.717, 1.165) is 67.0 Å². The van der Waals surface area contributed by atoms with Crippen LogP contribution in [-0.4, -0.2) is 66.5 Å². The Morgan fingerprint density at radius 2 is 1.63 bits per heavy atom. The van der Waals surface area contributed by atoms with Crippen molar-refractivity contribution in [3.05, 3.63) is 101 Å². The van der Waals surface area contributed by atoms with Gasteiger partial charge in [0.25, 0.3) is 0 Å². The molecular weight excluding hydrogens is 578 g/mol. The van der Waals surface area contributed by atoms with Gasteiger partial charge in [0.2, 0.25) is 5.28 Å². The normalized spacial score (nSPS) is 23.3. The topological polar surface area (TPSA) is 87.3 Å². The Bertz CT molecular complexity index is 1670. The minimum absolute atomic E-state index is 0.0341. The third-order valence-corrected chi connectivity index (χ3v) is 10.5. The second kappa shape index (κ2) is 12.5. The highest BCUT2D eigenvalue weighted by Crippen LogP contribution is 2.45. The summed E-state index contributed by atoms with van der Waals surface area (Å²) in [6.07, 6.45) is 6.68. The number of aromatic nitrogens is 4. The molecule has 2 aromatic carbocycles. The summed E-state index contributed by atoms with van der Waals surface area (Å²) in [7, 11) is 0. The number of hydrogen-bond donors (Lipinski definition) is 2. The van der Waals surface area contributed by atoms with Crippen LogP contribution in [0.3, 0.4) is 0 Å². The fraction of sp³-hybridized carbons (Fsp3) is 0.382. The third-order valence-electron chi connectivity index (χ3n) is 9.40. The van der Waals surface area contributed by atoms with Gasteiger partial charge < -0.3 is 19.7 Å². The Morgan fingerprint density at radius 3 is 2.37 bits per heavy atom. The molecule has 43 heavy (non-hydrogen) atoms. The largest absolute Gasteiger partial charge is 0.390 e. The molecule has 2 fully saturated rings. The van der Waals surface area contributed by atoms with E-state index in [1.165, 1.54) is 11.1 Å². The Morgan fingerprint density at radius 1 is 0.907 bits per heavy atom. The lowest BCUT2D eigenvalue weighted by molar-refractivity contribution is -0.0121. The standard InChI is InChI=1S/C34H36ClN5O2S/c35-34-36-19-27-28(33-37-25(21-43-33)17-23-9-5-2-6-10-23)20-40(32(27)38-34)29-18-26(30(41)31(29)42)24-12-15-39(16-13-24)14-11-22-7-3-1-4-8-22/h1-10,19-21,24,26,29-31,41-42H,11-18H2/t26-,29-,30-,31+/m1/s1. The maximum atomic E-state index is 11.4. The Labute approximate surface area is 260 Å². The van der Waals surface area contributed by atoms with Gasteiger partial charge >= 0.3 is 0 Å². The average Bonchev–Trinajstić information content (AvgIpc) is 3.73. The van der Waals surface area contributed by atoms with Crippen LogP contribution in [-0.2, 0) is 12.8 Å². The fourth-order valence-electron chi connectivity index (χ4n) is 7.07. The van der Waals surface area contributed by atoms with Crippen LogP contribution in [0.2, 0.25) is 5.28 Å². The first-order valence-corrected chi connectivity index (χ1v) is 16.4. The van der Waals surface area contributed by atoms with E-state index in [-0.39, 0.29) is 17.2 Å². The number of benzene rings is 2. The molecule has 2 N–H and O–H groups in total. The van der Waals surface area contributed by atoms with Gasteiger partial charge in [-0.25, -0.2) is 9.97 Å². The second-order valence-corrected chi connectivity index (χ2v) is 13.2. The van der Waals surface area contributed by atoms with Crippen molar-refractivity contribution in [3.63, 3.8) is 0 Å². The van der Waals surface area contributed by atoms with Gasteiger partial charge in [0.05, 0.1) is 17.8 Å². The third kappa shape index (κ3) is 5.99. The van der Waals surface area contributed by atoms with E-state index in [1.54, 1.807) is 17.5 Å². The highest BCUT2D eigenvalue weighted by atomic mass is 35.5. The zero-order valence-corrected chi connectivity index (χ0v) is 25.5. The van der Waals surface area contributed by atoms with Gasteiger partial charge in [-0.1, -0.05) is 60.7 Å². The van der Waals surface area contributed by atoms with Crippen molar-refractivity contribution >= 4 is 34.0 Å². The van der Waals surface area contributed by atoms with Crippen LogP contribution < -0.4 is 0 Å². The highest BCUT2D eigenvalue weighted by molar-refractivity contribution is 7.13. The Kier molecular flexibility index (Phi) is 8.29. The number of halogens is 1. The molecule has 1 saturated heterocycles. The van der Waals surface area contributed by atoms with Crippen molar-refractivity contribution in [3.8, 4) is 10.6 Å². The number of aliphatic hydroxyl groups excluding tert-OH is 2. The van der Waals surface area contributed by atoms with Crippen LogP contribution in [0.1, 0.15) is 42.1 Å². The first kappa shape index (κ1) is 28.6. The zero-order chi connectivity index (χ0) is 29.3. The number of rotatable bonds is 8. The van der Waals surface area contributed by atoms with E-state index >= 15 is 0 Å². The first-order chi connectivity index (χ1) is 21.0. The molecule has 4 heterocycles. The number of hydrogen-bond acceptors (Lipinski definition) is 7. The van der Waals surface area contributed by atoms with Crippen molar-refractivity contribution < 1.29 is 10.2 Å². The molecule has 7 rings (SSSR count). The molecule has 0 unspecified atom stereocenters. The number of piperidine rings is 1. The summed E-state index contributed by atoms with van der Waals surface area (Å²) in [4.78, 5) is 16.3. The molecule has 222 valence electrons. The lowest BCUT2D eigenvalue weighted by Crippen LogP contribution is -2.40. The van der Waals surface area contributed by atoms with Crippen molar-refractivity contribution in [2.24, 2.45) is 11.8 Å². The van der Waals surface area contributed by atoms with E-state index in [0.29, 0.717) is 18.0 Å². The van der Waals surface area contributed by atoms with Crippen LogP contribution in [0.25, 0.3) is 21.6 Å². The van der Waals surface area contributed by atoms with Gasteiger partial charge in [-0.2, -0.15) is 4.98 Å². The summed E-state index contributed by atoms with van der Waals surface area (Å²) in [6, 6.07) is 20.7. The van der Waals surface area contributed by atoms with E-state index in [2.05, 4.69) is 62.7 Å². The molecule has 3 aromatic heterocycles. The van der Waals surface area contributed by atoms with Crippen molar-refractivity contribution in [2.45, 2.75) is 50.4 Å². The van der Waals surface area contributed by atoms with E-state index in [4.69, 9.17) is 16.6 Å². The van der Waals surface area contributed by atoms with E-state index < -0.39 is 12.2 Å². The van der Waals surface area contributed by atoms with Crippen molar-refractivity contribution in [1.82, 2.24) is 24.4 Å². The number of aliphatic hydroxyl groups is 2. The SMILES string of the molecule is O[C@@H]1[C@H](O)[C@@H](C2CCN(CCc3ccccc3)CC2)C[C@H]1n1cc(-c2nc(Cc3ccccc3)cs2)c2cnc(Cl)nc21. The molecule has 9 heteroatoms. The molecule has 1 aliphatic heterocycles. The van der Waals surface area contributed by atoms with Gasteiger partial charge in [-0.05, 0) is 73.3 Å². The zero-order valence-electron chi connectivity index (χ0n) is 24.0. The summed E-state index contributed by atoms with van der Waals surface area (Å²) in [6.45, 7) is 3.10. The van der Waals surface area contributed by atoms with Crippen LogP contribution in [0, 0.1) is 11.8 Å². The number of likely N-dealkylation sites (tertiary alicyclic amines) is 1. The fourth-order valence-corrected chi connectivity index (χ4v) is 8.05. The van der Waals surface area contributed by atoms with Gasteiger partial charge in [0, 0.05) is 41.7 Å². The summed E-state index contributed by atoms with van der Waals surface area (Å²) in [5.41, 5.74) is 5.19.